The fourth-order valence-electron chi connectivity index (χ4n) is 2.12. The third kappa shape index (κ3) is 4.08. The number of carbonyl (C=O) groups is 2. The van der Waals surface area contributed by atoms with Crippen LogP contribution in [0, 0.1) is 0 Å². The first-order valence-electron chi connectivity index (χ1n) is 7.42. The number of benzene rings is 2. The number of carbonyl (C=O) groups excluding carboxylic acids is 2. The summed E-state index contributed by atoms with van der Waals surface area (Å²) < 4.78 is 15.6. The molecular formula is C18H14N2O5. The van der Waals surface area contributed by atoms with Gasteiger partial charge in [0.15, 0.2) is 0 Å². The molecule has 0 unspecified atom stereocenters. The molecule has 0 radical (unpaired) electrons. The van der Waals surface area contributed by atoms with Crippen LogP contribution in [0.3, 0.4) is 0 Å². The van der Waals surface area contributed by atoms with Gasteiger partial charge in [0.1, 0.15) is 11.5 Å². The van der Waals surface area contributed by atoms with E-state index in [9.17, 15) is 9.59 Å². The van der Waals surface area contributed by atoms with Crippen molar-refractivity contribution in [2.75, 3.05) is 0 Å². The number of hydrogen-bond acceptors (Lipinski definition) is 7. The fraction of sp³-hybridized carbons (Fsp3) is 0.111. The lowest BCUT2D eigenvalue weighted by molar-refractivity contribution is -0.132. The Labute approximate surface area is 143 Å². The van der Waals surface area contributed by atoms with Crippen molar-refractivity contribution in [1.29, 1.82) is 0 Å². The Morgan fingerprint density at radius 2 is 1.08 bits per heavy atom. The minimum Gasteiger partial charge on any atom is -0.427 e. The predicted molar refractivity (Wildman–Crippen MR) is 87.8 cm³/mol. The van der Waals surface area contributed by atoms with E-state index in [1.54, 1.807) is 48.5 Å². The van der Waals surface area contributed by atoms with Gasteiger partial charge in [-0.05, 0) is 48.5 Å². The van der Waals surface area contributed by atoms with Crippen molar-refractivity contribution in [3.8, 4) is 34.4 Å². The van der Waals surface area contributed by atoms with Crippen LogP contribution < -0.4 is 9.47 Å². The topological polar surface area (TPSA) is 91.5 Å². The molecule has 0 saturated carbocycles. The molecule has 0 saturated heterocycles. The lowest BCUT2D eigenvalue weighted by Crippen LogP contribution is -2.00. The van der Waals surface area contributed by atoms with Crippen LogP contribution in [-0.4, -0.2) is 22.1 Å². The van der Waals surface area contributed by atoms with Crippen molar-refractivity contribution in [2.45, 2.75) is 13.8 Å². The van der Waals surface area contributed by atoms with E-state index in [4.69, 9.17) is 13.9 Å². The van der Waals surface area contributed by atoms with Gasteiger partial charge in [-0.2, -0.15) is 0 Å². The molecule has 0 fully saturated rings. The summed E-state index contributed by atoms with van der Waals surface area (Å²) in [7, 11) is 0. The molecule has 0 N–H and O–H groups in total. The zero-order valence-electron chi connectivity index (χ0n) is 13.6. The quantitative estimate of drug-likeness (QED) is 0.532. The number of esters is 2. The monoisotopic (exact) mass is 338 g/mol. The van der Waals surface area contributed by atoms with E-state index in [0.717, 1.165) is 0 Å². The SMILES string of the molecule is CC(=O)Oc1ccc(-c2nnc(-c3ccc(OC(C)=O)cc3)o2)cc1. The van der Waals surface area contributed by atoms with Crippen molar-refractivity contribution in [3.63, 3.8) is 0 Å². The van der Waals surface area contributed by atoms with E-state index >= 15 is 0 Å². The molecule has 0 aliphatic heterocycles. The molecule has 3 aromatic rings. The lowest BCUT2D eigenvalue weighted by Gasteiger charge is -2.01. The van der Waals surface area contributed by atoms with Crippen LogP contribution in [0.25, 0.3) is 22.9 Å². The minimum atomic E-state index is -0.384. The summed E-state index contributed by atoms with van der Waals surface area (Å²) in [6.07, 6.45) is 0. The predicted octanol–water partition coefficient (Wildman–Crippen LogP) is 3.25. The molecule has 1 heterocycles. The Balaban J connectivity index is 1.77. The van der Waals surface area contributed by atoms with E-state index in [-0.39, 0.29) is 11.9 Å². The zero-order valence-corrected chi connectivity index (χ0v) is 13.6. The molecule has 126 valence electrons. The summed E-state index contributed by atoms with van der Waals surface area (Å²) in [4.78, 5) is 21.8. The van der Waals surface area contributed by atoms with Gasteiger partial charge in [-0.1, -0.05) is 0 Å². The van der Waals surface area contributed by atoms with Gasteiger partial charge in [-0.15, -0.1) is 10.2 Å². The molecule has 3 rings (SSSR count). The molecule has 2 aromatic carbocycles. The smallest absolute Gasteiger partial charge is 0.308 e. The van der Waals surface area contributed by atoms with Gasteiger partial charge < -0.3 is 13.9 Å². The Bertz CT molecular complexity index is 824. The summed E-state index contributed by atoms with van der Waals surface area (Å²) in [6.45, 7) is 2.68. The molecule has 1 aromatic heterocycles. The Morgan fingerprint density at radius 3 is 1.40 bits per heavy atom. The molecule has 0 atom stereocenters. The van der Waals surface area contributed by atoms with Crippen LogP contribution in [0.1, 0.15) is 13.8 Å². The van der Waals surface area contributed by atoms with Crippen molar-refractivity contribution >= 4 is 11.9 Å². The molecule has 7 nitrogen and oxygen atoms in total. The second-order valence-electron chi connectivity index (χ2n) is 5.15. The highest BCUT2D eigenvalue weighted by Gasteiger charge is 2.11. The van der Waals surface area contributed by atoms with Crippen LogP contribution in [0.15, 0.2) is 52.9 Å². The maximum absolute atomic E-state index is 10.9. The van der Waals surface area contributed by atoms with Crippen molar-refractivity contribution < 1.29 is 23.5 Å². The van der Waals surface area contributed by atoms with E-state index in [1.165, 1.54) is 13.8 Å². The number of aromatic nitrogens is 2. The van der Waals surface area contributed by atoms with Gasteiger partial charge in [0.25, 0.3) is 0 Å². The zero-order chi connectivity index (χ0) is 17.8. The molecule has 0 spiro atoms. The molecule has 7 heteroatoms. The third-order valence-electron chi connectivity index (χ3n) is 3.15. The number of hydrogen-bond donors (Lipinski definition) is 0. The first-order chi connectivity index (χ1) is 12.0. The first kappa shape index (κ1) is 16.4. The van der Waals surface area contributed by atoms with E-state index in [0.29, 0.717) is 34.4 Å². The van der Waals surface area contributed by atoms with Crippen LogP contribution in [-0.2, 0) is 9.59 Å². The molecular weight excluding hydrogens is 324 g/mol. The van der Waals surface area contributed by atoms with Gasteiger partial charge in [0.05, 0.1) is 0 Å². The lowest BCUT2D eigenvalue weighted by atomic mass is 10.2. The van der Waals surface area contributed by atoms with Gasteiger partial charge in [0, 0.05) is 25.0 Å². The van der Waals surface area contributed by atoms with Gasteiger partial charge in [-0.25, -0.2) is 0 Å². The van der Waals surface area contributed by atoms with E-state index in [1.807, 2.05) is 0 Å². The summed E-state index contributed by atoms with van der Waals surface area (Å²) >= 11 is 0. The molecule has 0 aliphatic rings. The molecule has 0 amide bonds. The Hall–Kier alpha value is -3.48. The standard InChI is InChI=1S/C18H14N2O5/c1-11(21)23-15-7-3-13(4-8-15)17-19-20-18(25-17)14-5-9-16(10-6-14)24-12(2)22/h3-10H,1-2H3. The molecule has 25 heavy (non-hydrogen) atoms. The summed E-state index contributed by atoms with van der Waals surface area (Å²) in [6, 6.07) is 13.5. The maximum Gasteiger partial charge on any atom is 0.308 e. The van der Waals surface area contributed by atoms with Crippen LogP contribution in [0.2, 0.25) is 0 Å². The Morgan fingerprint density at radius 1 is 0.720 bits per heavy atom. The highest BCUT2D eigenvalue weighted by atomic mass is 16.5. The van der Waals surface area contributed by atoms with Gasteiger partial charge >= 0.3 is 11.9 Å². The van der Waals surface area contributed by atoms with Crippen LogP contribution in [0.5, 0.6) is 11.5 Å². The van der Waals surface area contributed by atoms with Gasteiger partial charge in [-0.3, -0.25) is 9.59 Å². The number of ether oxygens (including phenoxy) is 2. The Kier molecular flexibility index (Phi) is 4.56. The minimum absolute atomic E-state index is 0.341. The first-order valence-corrected chi connectivity index (χ1v) is 7.42. The largest absolute Gasteiger partial charge is 0.427 e. The van der Waals surface area contributed by atoms with Crippen molar-refractivity contribution in [3.05, 3.63) is 48.5 Å². The average Bonchev–Trinajstić information content (AvgIpc) is 3.05. The fourth-order valence-corrected chi connectivity index (χ4v) is 2.12. The third-order valence-corrected chi connectivity index (χ3v) is 3.15. The number of nitrogens with zero attached hydrogens (tertiary/aromatic N) is 2. The highest BCUT2D eigenvalue weighted by molar-refractivity contribution is 5.70. The second kappa shape index (κ2) is 6.96. The van der Waals surface area contributed by atoms with Gasteiger partial charge in [0.2, 0.25) is 11.8 Å². The summed E-state index contributed by atoms with van der Waals surface area (Å²) in [5.41, 5.74) is 1.40. The summed E-state index contributed by atoms with van der Waals surface area (Å²) in [5, 5.41) is 8.03. The van der Waals surface area contributed by atoms with Crippen LogP contribution in [0.4, 0.5) is 0 Å². The van der Waals surface area contributed by atoms with E-state index in [2.05, 4.69) is 10.2 Å². The molecule has 0 aliphatic carbocycles. The molecule has 0 bridgehead atoms. The van der Waals surface area contributed by atoms with Crippen molar-refractivity contribution in [1.82, 2.24) is 10.2 Å². The van der Waals surface area contributed by atoms with Crippen LogP contribution >= 0.6 is 0 Å². The average molecular weight is 338 g/mol. The van der Waals surface area contributed by atoms with E-state index < -0.39 is 0 Å². The second-order valence-corrected chi connectivity index (χ2v) is 5.15. The number of rotatable bonds is 4. The highest BCUT2D eigenvalue weighted by Crippen LogP contribution is 2.26. The normalized spacial score (nSPS) is 10.3. The maximum atomic E-state index is 10.9. The van der Waals surface area contributed by atoms with Crippen molar-refractivity contribution in [2.24, 2.45) is 0 Å². The summed E-state index contributed by atoms with van der Waals surface area (Å²) in [5.74, 6) is 0.797.